The van der Waals surface area contributed by atoms with Crippen LogP contribution in [0, 0.1) is 41.7 Å². The topological polar surface area (TPSA) is 9.86 Å². The van der Waals surface area contributed by atoms with Gasteiger partial charge < -0.3 is 9.13 Å². The molecule has 0 atom stereocenters. The van der Waals surface area contributed by atoms with E-state index in [-0.39, 0.29) is 0 Å². The normalized spacial score (nSPS) is 11.9. The van der Waals surface area contributed by atoms with E-state index < -0.39 is 0 Å². The molecular weight excluding hydrogens is 677 g/mol. The lowest BCUT2D eigenvalue weighted by Gasteiger charge is -2.14. The van der Waals surface area contributed by atoms with Gasteiger partial charge >= 0.3 is 0 Å². The Kier molecular flexibility index (Phi) is 6.66. The van der Waals surface area contributed by atoms with Crippen molar-refractivity contribution in [1.82, 2.24) is 9.13 Å². The summed E-state index contributed by atoms with van der Waals surface area (Å²) in [6, 6.07) is 75.9. The lowest BCUT2D eigenvalue weighted by molar-refractivity contribution is 1.15. The predicted molar refractivity (Wildman–Crippen MR) is 231 cm³/mol. The molecule has 2 aromatic heterocycles. The Bertz CT molecular complexity index is 3800. The molecule has 9 aromatic carbocycles. The van der Waals surface area contributed by atoms with E-state index in [0.29, 0.717) is 0 Å². The molecule has 0 saturated carbocycles. The summed E-state index contributed by atoms with van der Waals surface area (Å²) in [6.45, 7) is 0. The average molecular weight is 711 g/mol. The zero-order valence-corrected chi connectivity index (χ0v) is 30.5. The van der Waals surface area contributed by atoms with E-state index in [1.807, 2.05) is 0 Å². The number of aromatic nitrogens is 2. The fourth-order valence-corrected chi connectivity index (χ4v) is 9.56. The van der Waals surface area contributed by atoms with Crippen LogP contribution in [0.1, 0.15) is 0 Å². The van der Waals surface area contributed by atoms with Crippen LogP contribution in [0.4, 0.5) is 0 Å². The molecule has 2 nitrogen and oxygen atoms in total. The summed E-state index contributed by atoms with van der Waals surface area (Å²) in [7, 11) is 0. The Hall–Kier alpha value is -7.42. The first-order chi connectivity index (χ1) is 27.8. The molecule has 0 unspecified atom stereocenters. The third-order valence-corrected chi connectivity index (χ3v) is 11.9. The van der Waals surface area contributed by atoms with Gasteiger partial charge in [-0.05, 0) is 72.4 Å². The summed E-state index contributed by atoms with van der Waals surface area (Å²) < 4.78 is 5.00. The van der Waals surface area contributed by atoms with E-state index in [0.717, 1.165) is 11.4 Å². The van der Waals surface area contributed by atoms with Gasteiger partial charge in [0.2, 0.25) is 0 Å². The average Bonchev–Trinajstić information content (AvgIpc) is 3.79. The van der Waals surface area contributed by atoms with Crippen molar-refractivity contribution < 1.29 is 0 Å². The molecule has 0 bridgehead atoms. The van der Waals surface area contributed by atoms with Crippen LogP contribution in [-0.4, -0.2) is 9.13 Å². The van der Waals surface area contributed by atoms with Crippen molar-refractivity contribution in [3.8, 4) is 22.5 Å². The molecule has 0 spiro atoms. The highest BCUT2D eigenvalue weighted by Gasteiger charge is 2.20. The van der Waals surface area contributed by atoms with Gasteiger partial charge in [-0.15, -0.1) is 0 Å². The predicted octanol–water partition coefficient (Wildman–Crippen LogP) is 13.0. The summed E-state index contributed by atoms with van der Waals surface area (Å²) in [5.74, 6) is 0. The first kappa shape index (κ1) is 31.0. The molecule has 0 fully saturated rings. The second kappa shape index (κ2) is 12.0. The van der Waals surface area contributed by atoms with Crippen LogP contribution < -0.4 is 0 Å². The maximum Gasteiger partial charge on any atom is 0.0626 e. The molecule has 0 aliphatic heterocycles. The molecule has 1 aliphatic carbocycles. The van der Waals surface area contributed by atoms with Crippen LogP contribution >= 0.6 is 0 Å². The lowest BCUT2D eigenvalue weighted by atomic mass is 9.99. The molecule has 0 radical (unpaired) electrons. The van der Waals surface area contributed by atoms with Gasteiger partial charge in [0.25, 0.3) is 0 Å². The van der Waals surface area contributed by atoms with Gasteiger partial charge in [-0.1, -0.05) is 176 Å². The molecule has 2 heteroatoms. The summed E-state index contributed by atoms with van der Waals surface area (Å²) in [5.41, 5.74) is 9.49. The fourth-order valence-electron chi connectivity index (χ4n) is 9.56. The second-order valence-corrected chi connectivity index (χ2v) is 14.8. The number of rotatable bonds is 3. The molecule has 0 amide bonds. The summed E-state index contributed by atoms with van der Waals surface area (Å²) >= 11 is 0. The smallest absolute Gasteiger partial charge is 0.0626 e. The number of hydrogen-bond acceptors (Lipinski definition) is 0. The Morgan fingerprint density at radius 3 is 1.50 bits per heavy atom. The summed E-state index contributed by atoms with van der Waals surface area (Å²) in [6.07, 6.45) is 0. The van der Waals surface area contributed by atoms with Crippen LogP contribution in [0.25, 0.3) is 66.1 Å². The van der Waals surface area contributed by atoms with Crippen molar-refractivity contribution in [2.75, 3.05) is 0 Å². The van der Waals surface area contributed by atoms with E-state index in [9.17, 15) is 0 Å². The number of hydrogen-bond donors (Lipinski definition) is 0. The zero-order chi connectivity index (χ0) is 36.7. The fraction of sp³-hybridized carbons (Fsp3) is 0. The Morgan fingerprint density at radius 2 is 0.786 bits per heavy atom. The minimum atomic E-state index is 1.13. The van der Waals surface area contributed by atoms with Crippen LogP contribution in [0.3, 0.4) is 0 Å². The van der Waals surface area contributed by atoms with Gasteiger partial charge in [0, 0.05) is 43.7 Å². The van der Waals surface area contributed by atoms with E-state index in [1.165, 1.54) is 96.5 Å². The zero-order valence-electron chi connectivity index (χ0n) is 30.5. The first-order valence-corrected chi connectivity index (χ1v) is 19.4. The van der Waals surface area contributed by atoms with Gasteiger partial charge in [-0.25, -0.2) is 0 Å². The Labute approximate surface area is 322 Å². The molecular formula is C54H34N2. The minimum absolute atomic E-state index is 1.13. The quantitative estimate of drug-likeness (QED) is 0.173. The maximum atomic E-state index is 2.57. The van der Waals surface area contributed by atoms with Crippen molar-refractivity contribution in [3.05, 3.63) is 248 Å². The number of benzene rings is 9. The highest BCUT2D eigenvalue weighted by atomic mass is 15.0. The summed E-state index contributed by atoms with van der Waals surface area (Å²) in [5, 5.41) is 14.9. The molecule has 11 aromatic rings. The van der Waals surface area contributed by atoms with Gasteiger partial charge in [-0.3, -0.25) is 0 Å². The van der Waals surface area contributed by atoms with Gasteiger partial charge in [-0.2, -0.15) is 0 Å². The third kappa shape index (κ3) is 4.38. The van der Waals surface area contributed by atoms with E-state index in [4.69, 9.17) is 0 Å². The number of fused-ring (bicyclic) bond motifs is 11. The van der Waals surface area contributed by atoms with Crippen molar-refractivity contribution >= 4 is 43.6 Å². The van der Waals surface area contributed by atoms with Gasteiger partial charge in [0.1, 0.15) is 0 Å². The van der Waals surface area contributed by atoms with Crippen LogP contribution in [0.2, 0.25) is 0 Å². The van der Waals surface area contributed by atoms with Crippen molar-refractivity contribution in [2.24, 2.45) is 0 Å². The number of nitrogens with zero attached hydrogens (tertiary/aromatic N) is 2. The van der Waals surface area contributed by atoms with Gasteiger partial charge in [0.15, 0.2) is 0 Å². The molecule has 260 valence electrons. The van der Waals surface area contributed by atoms with Gasteiger partial charge in [0.05, 0.1) is 22.1 Å². The molecule has 0 saturated heterocycles. The maximum absolute atomic E-state index is 2.57. The van der Waals surface area contributed by atoms with Crippen LogP contribution in [-0.2, 0) is 0 Å². The third-order valence-electron chi connectivity index (χ3n) is 11.9. The monoisotopic (exact) mass is 710 g/mol. The lowest BCUT2D eigenvalue weighted by Crippen LogP contribution is -1.99. The highest BCUT2D eigenvalue weighted by molar-refractivity contribution is 6.15. The van der Waals surface area contributed by atoms with E-state index in [1.54, 1.807) is 0 Å². The van der Waals surface area contributed by atoms with E-state index in [2.05, 4.69) is 215 Å². The highest BCUT2D eigenvalue weighted by Crippen LogP contribution is 2.41. The van der Waals surface area contributed by atoms with E-state index >= 15 is 0 Å². The molecule has 2 heterocycles. The van der Waals surface area contributed by atoms with Crippen LogP contribution in [0.15, 0.2) is 206 Å². The number of para-hydroxylation sites is 3. The van der Waals surface area contributed by atoms with Crippen molar-refractivity contribution in [2.45, 2.75) is 0 Å². The Morgan fingerprint density at radius 1 is 0.268 bits per heavy atom. The molecule has 0 N–H and O–H groups in total. The van der Waals surface area contributed by atoms with Crippen LogP contribution in [0.5, 0.6) is 0 Å². The molecule has 12 rings (SSSR count). The van der Waals surface area contributed by atoms with Crippen molar-refractivity contribution in [1.29, 1.82) is 0 Å². The molecule has 56 heavy (non-hydrogen) atoms. The first-order valence-electron chi connectivity index (χ1n) is 19.4. The Balaban J connectivity index is 1.39. The van der Waals surface area contributed by atoms with Crippen molar-refractivity contribution in [3.63, 3.8) is 0 Å². The molecule has 1 aliphatic rings. The minimum Gasteiger partial charge on any atom is -0.309 e. The largest absolute Gasteiger partial charge is 0.309 e. The standard InChI is InChI=1S/C54H34N2/c1-3-16-35(17-4-1)38-27-15-28-48-49-33-32-47-43-24-10-9-22-41(43)39-20-7-8-21-40(39)42-23-11-12-26-46(42)52(47)54(49)56(53(38)48)37-30-31-45-44-25-13-14-29-50(44)55(51(45)34-37)36-18-5-2-6-19-36/h1-34H. The SMILES string of the molecule is c1ccc(-c2cccc3c4ccc5c(c4n(-c4ccc6c7ccccc7n(-c7ccccc7)c6c4)c23)=c2ccccc2=c2ccccc2=c2ccccc2=5)cc1. The summed E-state index contributed by atoms with van der Waals surface area (Å²) in [4.78, 5) is 0. The second-order valence-electron chi connectivity index (χ2n) is 14.8.